The van der Waals surface area contributed by atoms with Crippen LogP contribution in [-0.4, -0.2) is 5.91 Å². The molecule has 108 valence electrons. The summed E-state index contributed by atoms with van der Waals surface area (Å²) in [5.41, 5.74) is 3.38. The first-order valence-corrected chi connectivity index (χ1v) is 7.35. The average molecular weight is 324 g/mol. The minimum atomic E-state index is -0.330. The van der Waals surface area contributed by atoms with E-state index in [1.807, 2.05) is 6.07 Å². The fraction of sp³-hybridized carbons (Fsp3) is 0.188. The first-order valence-electron chi connectivity index (χ1n) is 6.53. The fourth-order valence-corrected chi connectivity index (χ4v) is 3.15. The third-order valence-electron chi connectivity index (χ3n) is 3.51. The van der Waals surface area contributed by atoms with Crippen molar-refractivity contribution < 1.29 is 9.18 Å². The van der Waals surface area contributed by atoms with Gasteiger partial charge in [0.1, 0.15) is 5.82 Å². The van der Waals surface area contributed by atoms with E-state index in [1.165, 1.54) is 12.1 Å². The van der Waals surface area contributed by atoms with Crippen LogP contribution < -0.4 is 5.32 Å². The van der Waals surface area contributed by atoms with E-state index in [9.17, 15) is 9.18 Å². The second-order valence-electron chi connectivity index (χ2n) is 5.05. The number of carbonyl (C=O) groups is 1. The molecule has 0 spiro atoms. The summed E-state index contributed by atoms with van der Waals surface area (Å²) in [4.78, 5) is 11.4. The average Bonchev–Trinajstić information content (AvgIpc) is 2.79. The molecule has 1 atom stereocenters. The van der Waals surface area contributed by atoms with E-state index < -0.39 is 0 Å². The van der Waals surface area contributed by atoms with Crippen LogP contribution in [0.15, 0.2) is 36.4 Å². The van der Waals surface area contributed by atoms with Gasteiger partial charge in [0.05, 0.1) is 11.8 Å². The number of halogens is 3. The number of amides is 1. The van der Waals surface area contributed by atoms with Crippen LogP contribution in [0.5, 0.6) is 0 Å². The van der Waals surface area contributed by atoms with Crippen LogP contribution in [0.4, 0.5) is 10.1 Å². The monoisotopic (exact) mass is 323 g/mol. The molecule has 5 heteroatoms. The molecule has 0 radical (unpaired) electrons. The lowest BCUT2D eigenvalue weighted by molar-refractivity contribution is -0.115. The van der Waals surface area contributed by atoms with Gasteiger partial charge in [0.2, 0.25) is 5.91 Å². The number of hydrogen-bond donors (Lipinski definition) is 1. The first kappa shape index (κ1) is 14.4. The standard InChI is InChI=1S/C16H12Cl2FNO/c17-13(5-9-1-3-11(19)4-2-9)12-6-10-7-16(21)20-15(10)8-14(12)18/h1-4,6,8,13H,5,7H2,(H,20,21). The van der Waals surface area contributed by atoms with Crippen molar-refractivity contribution in [2.45, 2.75) is 18.2 Å². The lowest BCUT2D eigenvalue weighted by atomic mass is 10.0. The highest BCUT2D eigenvalue weighted by atomic mass is 35.5. The van der Waals surface area contributed by atoms with Gasteiger partial charge in [-0.1, -0.05) is 29.8 Å². The number of anilines is 1. The predicted octanol–water partition coefficient (Wildman–Crippen LogP) is 4.50. The normalized spacial score (nSPS) is 14.7. The maximum absolute atomic E-state index is 12.9. The zero-order valence-corrected chi connectivity index (χ0v) is 12.5. The number of fused-ring (bicyclic) bond motifs is 1. The molecule has 0 aromatic heterocycles. The van der Waals surface area contributed by atoms with Crippen molar-refractivity contribution >= 4 is 34.8 Å². The van der Waals surface area contributed by atoms with Gasteiger partial charge >= 0.3 is 0 Å². The van der Waals surface area contributed by atoms with E-state index in [0.29, 0.717) is 17.9 Å². The Morgan fingerprint density at radius 3 is 2.67 bits per heavy atom. The van der Waals surface area contributed by atoms with Gasteiger partial charge in [-0.05, 0) is 41.3 Å². The number of nitrogens with one attached hydrogen (secondary N) is 1. The molecule has 1 heterocycles. The molecule has 3 rings (SSSR count). The van der Waals surface area contributed by atoms with E-state index in [2.05, 4.69) is 5.32 Å². The summed E-state index contributed by atoms with van der Waals surface area (Å²) >= 11 is 12.7. The van der Waals surface area contributed by atoms with E-state index in [1.54, 1.807) is 18.2 Å². The molecule has 2 aromatic rings. The molecule has 0 bridgehead atoms. The molecule has 2 aromatic carbocycles. The molecule has 21 heavy (non-hydrogen) atoms. The van der Waals surface area contributed by atoms with Crippen LogP contribution >= 0.6 is 23.2 Å². The van der Waals surface area contributed by atoms with Crippen molar-refractivity contribution in [2.24, 2.45) is 0 Å². The second kappa shape index (κ2) is 5.66. The quantitative estimate of drug-likeness (QED) is 0.828. The number of carbonyl (C=O) groups excluding carboxylic acids is 1. The van der Waals surface area contributed by atoms with Gasteiger partial charge in [0.25, 0.3) is 0 Å². The SMILES string of the molecule is O=C1Cc2cc(C(Cl)Cc3ccc(F)cc3)c(Cl)cc2N1. The lowest BCUT2D eigenvalue weighted by Gasteiger charge is -2.13. The Morgan fingerprint density at radius 1 is 1.24 bits per heavy atom. The Kier molecular flexibility index (Phi) is 3.87. The summed E-state index contributed by atoms with van der Waals surface area (Å²) in [6.07, 6.45) is 0.890. The van der Waals surface area contributed by atoms with Gasteiger partial charge in [0, 0.05) is 10.7 Å². The molecule has 1 aliphatic heterocycles. The summed E-state index contributed by atoms with van der Waals surface area (Å²) in [5.74, 6) is -0.312. The van der Waals surface area contributed by atoms with E-state index in [-0.39, 0.29) is 17.1 Å². The number of hydrogen-bond acceptors (Lipinski definition) is 1. The fourth-order valence-electron chi connectivity index (χ4n) is 2.44. The Labute approximate surface area is 131 Å². The summed E-state index contributed by atoms with van der Waals surface area (Å²) < 4.78 is 12.9. The topological polar surface area (TPSA) is 29.1 Å². The maximum atomic E-state index is 12.9. The van der Waals surface area contributed by atoms with Crippen molar-refractivity contribution in [3.63, 3.8) is 0 Å². The lowest BCUT2D eigenvalue weighted by Crippen LogP contribution is -2.03. The van der Waals surface area contributed by atoms with Gasteiger partial charge in [-0.15, -0.1) is 11.6 Å². The molecule has 1 amide bonds. The number of alkyl halides is 1. The van der Waals surface area contributed by atoms with Crippen LogP contribution in [0.25, 0.3) is 0 Å². The maximum Gasteiger partial charge on any atom is 0.228 e. The summed E-state index contributed by atoms with van der Waals surface area (Å²) in [6.45, 7) is 0. The minimum absolute atomic E-state index is 0.0390. The van der Waals surface area contributed by atoms with Crippen LogP contribution in [0.2, 0.25) is 5.02 Å². The van der Waals surface area contributed by atoms with Crippen molar-refractivity contribution in [3.8, 4) is 0 Å². The second-order valence-corrected chi connectivity index (χ2v) is 5.99. The van der Waals surface area contributed by atoms with E-state index in [4.69, 9.17) is 23.2 Å². The molecule has 1 unspecified atom stereocenters. The zero-order valence-electron chi connectivity index (χ0n) is 11.0. The molecule has 0 saturated heterocycles. The molecule has 1 N–H and O–H groups in total. The molecular formula is C16H12Cl2FNO. The van der Waals surface area contributed by atoms with Crippen LogP contribution in [0, 0.1) is 5.82 Å². The Bertz CT molecular complexity index is 700. The molecule has 0 saturated carbocycles. The molecular weight excluding hydrogens is 312 g/mol. The Hall–Kier alpha value is -1.58. The van der Waals surface area contributed by atoms with E-state index in [0.717, 1.165) is 22.4 Å². The van der Waals surface area contributed by atoms with Gasteiger partial charge in [-0.2, -0.15) is 0 Å². The van der Waals surface area contributed by atoms with Gasteiger partial charge in [-0.3, -0.25) is 4.79 Å². The number of benzene rings is 2. The van der Waals surface area contributed by atoms with Crippen molar-refractivity contribution in [3.05, 3.63) is 63.9 Å². The van der Waals surface area contributed by atoms with Crippen LogP contribution in [0.3, 0.4) is 0 Å². The van der Waals surface area contributed by atoms with Crippen LogP contribution in [0.1, 0.15) is 22.1 Å². The Morgan fingerprint density at radius 2 is 1.95 bits per heavy atom. The van der Waals surface area contributed by atoms with Crippen LogP contribution in [-0.2, 0) is 17.6 Å². The molecule has 1 aliphatic rings. The minimum Gasteiger partial charge on any atom is -0.325 e. The van der Waals surface area contributed by atoms with E-state index >= 15 is 0 Å². The highest BCUT2D eigenvalue weighted by molar-refractivity contribution is 6.33. The van der Waals surface area contributed by atoms with Gasteiger partial charge in [0.15, 0.2) is 0 Å². The number of rotatable bonds is 3. The third-order valence-corrected chi connectivity index (χ3v) is 4.23. The third kappa shape index (κ3) is 3.04. The Balaban J connectivity index is 1.85. The van der Waals surface area contributed by atoms with Crippen molar-refractivity contribution in [2.75, 3.05) is 5.32 Å². The molecule has 0 aliphatic carbocycles. The molecule has 0 fully saturated rings. The largest absolute Gasteiger partial charge is 0.325 e. The van der Waals surface area contributed by atoms with Gasteiger partial charge < -0.3 is 5.32 Å². The van der Waals surface area contributed by atoms with Crippen molar-refractivity contribution in [1.82, 2.24) is 0 Å². The predicted molar refractivity (Wildman–Crippen MR) is 82.5 cm³/mol. The molecule has 2 nitrogen and oxygen atoms in total. The summed E-state index contributed by atoms with van der Waals surface area (Å²) in [7, 11) is 0. The summed E-state index contributed by atoms with van der Waals surface area (Å²) in [6, 6.07) is 9.83. The summed E-state index contributed by atoms with van der Waals surface area (Å²) in [5, 5.41) is 2.95. The first-order chi connectivity index (χ1) is 10.0. The zero-order chi connectivity index (χ0) is 15.0. The highest BCUT2D eigenvalue weighted by Crippen LogP contribution is 2.36. The highest BCUT2D eigenvalue weighted by Gasteiger charge is 2.22. The smallest absolute Gasteiger partial charge is 0.228 e. The van der Waals surface area contributed by atoms with Gasteiger partial charge in [-0.25, -0.2) is 4.39 Å². The van der Waals surface area contributed by atoms with Crippen molar-refractivity contribution in [1.29, 1.82) is 0 Å².